The first-order valence-corrected chi connectivity index (χ1v) is 7.80. The van der Waals surface area contributed by atoms with E-state index in [0.717, 1.165) is 0 Å². The molecule has 0 saturated carbocycles. The Kier molecular flexibility index (Phi) is 4.78. The lowest BCUT2D eigenvalue weighted by Gasteiger charge is -2.07. The van der Waals surface area contributed by atoms with Crippen LogP contribution in [0.3, 0.4) is 0 Å². The van der Waals surface area contributed by atoms with Crippen molar-refractivity contribution in [2.24, 2.45) is 0 Å². The van der Waals surface area contributed by atoms with Crippen LogP contribution in [0.25, 0.3) is 16.6 Å². The normalized spacial score (nSPS) is 11.7. The Morgan fingerprint density at radius 2 is 2.08 bits per heavy atom. The van der Waals surface area contributed by atoms with Crippen molar-refractivity contribution in [2.45, 2.75) is 0 Å². The fraction of sp³-hybridized carbons (Fsp3) is 0.0556. The van der Waals surface area contributed by atoms with Crippen LogP contribution in [0.4, 0.5) is 0 Å². The summed E-state index contributed by atoms with van der Waals surface area (Å²) in [6.45, 7) is -0.565. The molecule has 0 aliphatic heterocycles. The molecule has 0 spiro atoms. The second-order valence-corrected chi connectivity index (χ2v) is 5.71. The van der Waals surface area contributed by atoms with Gasteiger partial charge in [-0.3, -0.25) is 0 Å². The Morgan fingerprint density at radius 3 is 2.81 bits per heavy atom. The van der Waals surface area contributed by atoms with Crippen molar-refractivity contribution in [3.8, 4) is 11.8 Å². The van der Waals surface area contributed by atoms with Gasteiger partial charge in [0.1, 0.15) is 29.6 Å². The molecule has 0 amide bonds. The molecule has 1 heterocycles. The Morgan fingerprint density at radius 1 is 1.31 bits per heavy atom. The molecule has 7 nitrogen and oxygen atoms in total. The molecule has 3 N–H and O–H groups in total. The van der Waals surface area contributed by atoms with Crippen LogP contribution in [0.5, 0.6) is 5.75 Å². The second kappa shape index (κ2) is 7.17. The fourth-order valence-electron chi connectivity index (χ4n) is 2.28. The minimum atomic E-state index is -0.890. The van der Waals surface area contributed by atoms with Crippen molar-refractivity contribution in [2.75, 3.05) is 6.61 Å². The molecule has 0 aliphatic carbocycles. The standard InChI is InChI=1S/C18H12ClN3O4/c19-10-5-6-15(23)11(7-10)18(25)26-9-16(24)12(8-20)17-21-13-3-1-2-4-14(13)22-17/h1-7,23-24H,9H2,(H,21,22)/b16-12-. The number of halogens is 1. The Bertz CT molecular complexity index is 1030. The van der Waals surface area contributed by atoms with Gasteiger partial charge in [-0.1, -0.05) is 23.7 Å². The van der Waals surface area contributed by atoms with Gasteiger partial charge in [-0.15, -0.1) is 0 Å². The number of carbonyl (C=O) groups excluding carboxylic acids is 1. The maximum atomic E-state index is 12.0. The summed E-state index contributed by atoms with van der Waals surface area (Å²) in [5.41, 5.74) is 1.03. The number of rotatable bonds is 4. The van der Waals surface area contributed by atoms with Crippen LogP contribution in [-0.2, 0) is 4.74 Å². The summed E-state index contributed by atoms with van der Waals surface area (Å²) in [4.78, 5) is 19.2. The highest BCUT2D eigenvalue weighted by atomic mass is 35.5. The summed E-state index contributed by atoms with van der Waals surface area (Å²) in [5.74, 6) is -1.51. The highest BCUT2D eigenvalue weighted by Crippen LogP contribution is 2.23. The molecule has 0 unspecified atom stereocenters. The number of nitrogens with one attached hydrogen (secondary N) is 1. The topological polar surface area (TPSA) is 119 Å². The van der Waals surface area contributed by atoms with Gasteiger partial charge < -0.3 is 19.9 Å². The number of aromatic amines is 1. The molecule has 3 rings (SSSR count). The molecule has 1 aromatic heterocycles. The minimum Gasteiger partial charge on any atom is -0.507 e. The van der Waals surface area contributed by atoms with E-state index >= 15 is 0 Å². The summed E-state index contributed by atoms with van der Waals surface area (Å²) >= 11 is 5.78. The molecule has 0 aliphatic rings. The number of phenols is 1. The smallest absolute Gasteiger partial charge is 0.342 e. The zero-order chi connectivity index (χ0) is 18.7. The number of H-pyrrole nitrogens is 1. The van der Waals surface area contributed by atoms with E-state index in [0.29, 0.717) is 11.0 Å². The third-order valence-corrected chi connectivity index (χ3v) is 3.78. The predicted octanol–water partition coefficient (Wildman–Crippen LogP) is 3.57. The molecular weight excluding hydrogens is 358 g/mol. The molecule has 8 heteroatoms. The number of nitrogens with zero attached hydrogens (tertiary/aromatic N) is 2. The van der Waals surface area contributed by atoms with E-state index in [4.69, 9.17) is 16.3 Å². The number of ether oxygens (including phenoxy) is 1. The number of aromatic nitrogens is 2. The molecule has 0 fully saturated rings. The first kappa shape index (κ1) is 17.3. The first-order chi connectivity index (χ1) is 12.5. The van der Waals surface area contributed by atoms with Gasteiger partial charge in [-0.05, 0) is 30.3 Å². The lowest BCUT2D eigenvalue weighted by atomic mass is 10.2. The third-order valence-electron chi connectivity index (χ3n) is 3.55. The zero-order valence-corrected chi connectivity index (χ0v) is 14.0. The number of hydrogen-bond donors (Lipinski definition) is 3. The van der Waals surface area contributed by atoms with Crippen molar-refractivity contribution in [1.82, 2.24) is 9.97 Å². The summed E-state index contributed by atoms with van der Waals surface area (Å²) in [6.07, 6.45) is 0. The van der Waals surface area contributed by atoms with Crippen LogP contribution >= 0.6 is 11.6 Å². The predicted molar refractivity (Wildman–Crippen MR) is 94.7 cm³/mol. The quantitative estimate of drug-likeness (QED) is 0.367. The first-order valence-electron chi connectivity index (χ1n) is 7.42. The van der Waals surface area contributed by atoms with Crippen LogP contribution in [0, 0.1) is 11.3 Å². The molecular formula is C18H12ClN3O4. The molecule has 26 heavy (non-hydrogen) atoms. The van der Waals surface area contributed by atoms with E-state index in [1.54, 1.807) is 24.3 Å². The molecule has 130 valence electrons. The number of aliphatic hydroxyl groups is 1. The molecule has 0 atom stereocenters. The molecule has 2 aromatic carbocycles. The maximum Gasteiger partial charge on any atom is 0.342 e. The van der Waals surface area contributed by atoms with Crippen molar-refractivity contribution in [1.29, 1.82) is 5.26 Å². The van der Waals surface area contributed by atoms with Gasteiger partial charge in [-0.25, -0.2) is 9.78 Å². The number of aromatic hydroxyl groups is 1. The summed E-state index contributed by atoms with van der Waals surface area (Å²) in [7, 11) is 0. The van der Waals surface area contributed by atoms with Crippen LogP contribution in [-0.4, -0.2) is 32.8 Å². The van der Waals surface area contributed by atoms with Crippen LogP contribution in [0.2, 0.25) is 5.02 Å². The minimum absolute atomic E-state index is 0.146. The number of benzene rings is 2. The number of nitriles is 1. The van der Waals surface area contributed by atoms with Crippen LogP contribution in [0.1, 0.15) is 16.2 Å². The second-order valence-electron chi connectivity index (χ2n) is 5.27. The number of hydrogen-bond acceptors (Lipinski definition) is 6. The molecule has 0 saturated heterocycles. The Labute approximate surface area is 152 Å². The fourth-order valence-corrected chi connectivity index (χ4v) is 2.45. The molecule has 0 bridgehead atoms. The maximum absolute atomic E-state index is 12.0. The van der Waals surface area contributed by atoms with Crippen molar-refractivity contribution >= 4 is 34.2 Å². The van der Waals surface area contributed by atoms with E-state index in [1.165, 1.54) is 18.2 Å². The summed E-state index contributed by atoms with van der Waals surface area (Å²) < 4.78 is 4.95. The summed E-state index contributed by atoms with van der Waals surface area (Å²) in [6, 6.07) is 12.9. The van der Waals surface area contributed by atoms with Gasteiger partial charge in [0.15, 0.2) is 11.6 Å². The van der Waals surface area contributed by atoms with E-state index < -0.39 is 18.3 Å². The Balaban J connectivity index is 1.82. The zero-order valence-electron chi connectivity index (χ0n) is 13.2. The lowest BCUT2D eigenvalue weighted by molar-refractivity contribution is 0.0499. The van der Waals surface area contributed by atoms with E-state index in [1.807, 2.05) is 6.07 Å². The number of allylic oxidation sites excluding steroid dienone is 1. The van der Waals surface area contributed by atoms with Crippen LogP contribution in [0.15, 0.2) is 48.2 Å². The SMILES string of the molecule is N#C/C(=C(/O)COC(=O)c1cc(Cl)ccc1O)c1nc2ccccc2[nH]1. The van der Waals surface area contributed by atoms with Gasteiger partial charge in [-0.2, -0.15) is 5.26 Å². The monoisotopic (exact) mass is 369 g/mol. The van der Waals surface area contributed by atoms with Gasteiger partial charge in [0.25, 0.3) is 0 Å². The molecule has 3 aromatic rings. The number of esters is 1. The average Bonchev–Trinajstić information content (AvgIpc) is 3.06. The number of carbonyl (C=O) groups is 1. The Hall–Kier alpha value is -3.50. The molecule has 0 radical (unpaired) electrons. The van der Waals surface area contributed by atoms with Gasteiger partial charge in [0, 0.05) is 5.02 Å². The highest BCUT2D eigenvalue weighted by Gasteiger charge is 2.17. The van der Waals surface area contributed by atoms with Crippen molar-refractivity contribution in [3.05, 3.63) is 64.6 Å². The average molecular weight is 370 g/mol. The van der Waals surface area contributed by atoms with Crippen molar-refractivity contribution < 1.29 is 19.7 Å². The highest BCUT2D eigenvalue weighted by molar-refractivity contribution is 6.31. The van der Waals surface area contributed by atoms with Gasteiger partial charge in [0.05, 0.1) is 11.0 Å². The van der Waals surface area contributed by atoms with Crippen molar-refractivity contribution in [3.63, 3.8) is 0 Å². The van der Waals surface area contributed by atoms with E-state index in [9.17, 15) is 20.3 Å². The summed E-state index contributed by atoms with van der Waals surface area (Å²) in [5, 5.41) is 29.4. The number of phenolic OH excluding ortho intramolecular Hbond substituents is 1. The number of imidazole rings is 1. The van der Waals surface area contributed by atoms with Crippen LogP contribution < -0.4 is 0 Å². The van der Waals surface area contributed by atoms with E-state index in [2.05, 4.69) is 9.97 Å². The number of fused-ring (bicyclic) bond motifs is 1. The van der Waals surface area contributed by atoms with Gasteiger partial charge in [0.2, 0.25) is 0 Å². The van der Waals surface area contributed by atoms with Gasteiger partial charge >= 0.3 is 5.97 Å². The largest absolute Gasteiger partial charge is 0.507 e. The van der Waals surface area contributed by atoms with E-state index in [-0.39, 0.29) is 27.7 Å². The lowest BCUT2D eigenvalue weighted by Crippen LogP contribution is -2.09. The number of para-hydroxylation sites is 2. The third kappa shape index (κ3) is 3.45. The number of aliphatic hydroxyl groups excluding tert-OH is 1.